The number of rotatable bonds is 8. The minimum absolute atomic E-state index is 0.191. The zero-order valence-corrected chi connectivity index (χ0v) is 15.8. The van der Waals surface area contributed by atoms with Crippen LogP contribution in [-0.2, 0) is 9.59 Å². The molecule has 28 heavy (non-hydrogen) atoms. The molecule has 0 saturated carbocycles. The minimum Gasteiger partial charge on any atom is -0.480 e. The number of hydrogen-bond donors (Lipinski definition) is 3. The van der Waals surface area contributed by atoms with E-state index in [4.69, 9.17) is 0 Å². The Morgan fingerprint density at radius 2 is 1.50 bits per heavy atom. The highest BCUT2D eigenvalue weighted by molar-refractivity contribution is 5.97. The number of carbonyl (C=O) groups is 2. The molecule has 0 spiro atoms. The van der Waals surface area contributed by atoms with Crippen LogP contribution < -0.4 is 10.6 Å². The summed E-state index contributed by atoms with van der Waals surface area (Å²) in [4.78, 5) is 24.0. The van der Waals surface area contributed by atoms with E-state index in [0.29, 0.717) is 0 Å². The lowest BCUT2D eigenvalue weighted by Crippen LogP contribution is -2.39. The van der Waals surface area contributed by atoms with Gasteiger partial charge in [0.25, 0.3) is 5.91 Å². The van der Waals surface area contributed by atoms with E-state index in [9.17, 15) is 20.0 Å². The summed E-state index contributed by atoms with van der Waals surface area (Å²) in [6.07, 6.45) is 1.17. The summed E-state index contributed by atoms with van der Waals surface area (Å²) in [5.74, 6) is -1.84. The van der Waals surface area contributed by atoms with Crippen LogP contribution in [-0.4, -0.2) is 23.0 Å². The molecule has 2 rings (SSSR count). The van der Waals surface area contributed by atoms with Crippen LogP contribution >= 0.6 is 0 Å². The van der Waals surface area contributed by atoms with Gasteiger partial charge in [-0.15, -0.1) is 0 Å². The average molecular weight is 377 g/mol. The van der Waals surface area contributed by atoms with E-state index in [1.54, 1.807) is 13.8 Å². The molecule has 2 aromatic carbocycles. The number of benzene rings is 2. The Hall–Kier alpha value is -3.59. The number of nitrogens with one attached hydrogen (secondary N) is 2. The Bertz CT molecular complexity index is 831. The molecule has 1 amide bonds. The van der Waals surface area contributed by atoms with Gasteiger partial charge in [0.1, 0.15) is 17.7 Å². The molecule has 0 aliphatic rings. The Labute approximate surface area is 164 Å². The maximum atomic E-state index is 12.7. The van der Waals surface area contributed by atoms with Gasteiger partial charge in [-0.1, -0.05) is 74.5 Å². The number of carbonyl (C=O) groups excluding carboxylic acids is 1. The number of nitrogens with zero attached hydrogens (tertiary/aromatic N) is 1. The summed E-state index contributed by atoms with van der Waals surface area (Å²) < 4.78 is 0. The zero-order valence-electron chi connectivity index (χ0n) is 15.8. The van der Waals surface area contributed by atoms with E-state index < -0.39 is 24.0 Å². The Morgan fingerprint density at radius 3 is 1.89 bits per heavy atom. The molecular weight excluding hydrogens is 354 g/mol. The predicted octanol–water partition coefficient (Wildman–Crippen LogP) is 3.00. The lowest BCUT2D eigenvalue weighted by molar-refractivity contribution is -0.140. The van der Waals surface area contributed by atoms with E-state index in [2.05, 4.69) is 10.6 Å². The third kappa shape index (κ3) is 5.45. The number of carboxylic acid groups (broad SMARTS) is 1. The van der Waals surface area contributed by atoms with E-state index in [1.165, 1.54) is 6.20 Å². The van der Waals surface area contributed by atoms with Crippen LogP contribution in [0.3, 0.4) is 0 Å². The Kier molecular flexibility index (Phi) is 7.35. The third-order valence-corrected chi connectivity index (χ3v) is 4.25. The number of amides is 1. The van der Waals surface area contributed by atoms with Crippen LogP contribution in [0.25, 0.3) is 0 Å². The number of carboxylic acids is 1. The van der Waals surface area contributed by atoms with E-state index in [-0.39, 0.29) is 11.5 Å². The van der Waals surface area contributed by atoms with Crippen molar-refractivity contribution in [2.75, 3.05) is 0 Å². The van der Waals surface area contributed by atoms with Gasteiger partial charge in [-0.25, -0.2) is 4.79 Å². The van der Waals surface area contributed by atoms with Gasteiger partial charge in [0.15, 0.2) is 0 Å². The van der Waals surface area contributed by atoms with Gasteiger partial charge in [0.05, 0.1) is 6.04 Å². The Balaban J connectivity index is 2.25. The second-order valence-corrected chi connectivity index (χ2v) is 6.62. The maximum absolute atomic E-state index is 12.7. The third-order valence-electron chi connectivity index (χ3n) is 4.25. The number of aliphatic carboxylic acids is 1. The van der Waals surface area contributed by atoms with Gasteiger partial charge < -0.3 is 15.7 Å². The standard InChI is InChI=1S/C22H23N3O3/c1-15(2)19(22(27)28)24-14-18(13-23)21(26)25-20(16-9-5-3-6-10-16)17-11-7-4-8-12-17/h3-12,14-15,19-20,24H,1-2H3,(H,25,26)(H,27,28)/b18-14-. The molecule has 0 saturated heterocycles. The van der Waals surface area contributed by atoms with Crippen molar-refractivity contribution in [3.63, 3.8) is 0 Å². The van der Waals surface area contributed by atoms with Crippen molar-refractivity contribution in [3.05, 3.63) is 83.6 Å². The summed E-state index contributed by atoms with van der Waals surface area (Å²) in [5, 5.41) is 24.1. The first-order valence-corrected chi connectivity index (χ1v) is 8.94. The molecule has 0 bridgehead atoms. The second-order valence-electron chi connectivity index (χ2n) is 6.62. The highest BCUT2D eigenvalue weighted by atomic mass is 16.4. The monoisotopic (exact) mass is 377 g/mol. The largest absolute Gasteiger partial charge is 0.480 e. The maximum Gasteiger partial charge on any atom is 0.326 e. The summed E-state index contributed by atoms with van der Waals surface area (Å²) in [6, 6.07) is 19.4. The molecule has 1 unspecified atom stereocenters. The highest BCUT2D eigenvalue weighted by Gasteiger charge is 2.22. The van der Waals surface area contributed by atoms with Crippen LogP contribution in [0.15, 0.2) is 72.4 Å². The van der Waals surface area contributed by atoms with Crippen LogP contribution in [0.2, 0.25) is 0 Å². The highest BCUT2D eigenvalue weighted by Crippen LogP contribution is 2.22. The molecule has 0 radical (unpaired) electrons. The van der Waals surface area contributed by atoms with Crippen LogP contribution in [0.1, 0.15) is 31.0 Å². The van der Waals surface area contributed by atoms with Crippen LogP contribution in [0.4, 0.5) is 0 Å². The molecule has 1 atom stereocenters. The minimum atomic E-state index is -1.05. The van der Waals surface area contributed by atoms with Crippen molar-refractivity contribution in [1.29, 1.82) is 5.26 Å². The first-order chi connectivity index (χ1) is 13.4. The summed E-state index contributed by atoms with van der Waals surface area (Å²) >= 11 is 0. The number of hydrogen-bond acceptors (Lipinski definition) is 4. The van der Waals surface area contributed by atoms with Crippen molar-refractivity contribution in [3.8, 4) is 6.07 Å². The fraction of sp³-hybridized carbons (Fsp3) is 0.227. The molecule has 2 aromatic rings. The van der Waals surface area contributed by atoms with E-state index in [0.717, 1.165) is 11.1 Å². The van der Waals surface area contributed by atoms with Crippen LogP contribution in [0, 0.1) is 17.2 Å². The van der Waals surface area contributed by atoms with Gasteiger partial charge in [-0.05, 0) is 17.0 Å². The van der Waals surface area contributed by atoms with Gasteiger partial charge >= 0.3 is 5.97 Å². The normalized spacial score (nSPS) is 12.3. The molecule has 0 aromatic heterocycles. The van der Waals surface area contributed by atoms with Crippen molar-refractivity contribution < 1.29 is 14.7 Å². The van der Waals surface area contributed by atoms with E-state index >= 15 is 0 Å². The smallest absolute Gasteiger partial charge is 0.326 e. The lowest BCUT2D eigenvalue weighted by Gasteiger charge is -2.20. The van der Waals surface area contributed by atoms with Crippen molar-refractivity contribution in [2.24, 2.45) is 5.92 Å². The summed E-state index contributed by atoms with van der Waals surface area (Å²) in [6.45, 7) is 3.49. The molecule has 6 heteroatoms. The summed E-state index contributed by atoms with van der Waals surface area (Å²) in [7, 11) is 0. The SMILES string of the molecule is CC(C)C(N/C=C(/C#N)C(=O)NC(c1ccccc1)c1ccccc1)C(=O)O. The summed E-state index contributed by atoms with van der Waals surface area (Å²) in [5.41, 5.74) is 1.56. The molecule has 6 nitrogen and oxygen atoms in total. The fourth-order valence-electron chi connectivity index (χ4n) is 2.73. The Morgan fingerprint density at radius 1 is 1.00 bits per heavy atom. The molecule has 0 aliphatic carbocycles. The number of nitriles is 1. The lowest BCUT2D eigenvalue weighted by atomic mass is 9.98. The first kappa shape index (κ1) is 20.7. The molecule has 3 N–H and O–H groups in total. The topological polar surface area (TPSA) is 102 Å². The zero-order chi connectivity index (χ0) is 20.5. The second kappa shape index (κ2) is 9.93. The predicted molar refractivity (Wildman–Crippen MR) is 106 cm³/mol. The fourth-order valence-corrected chi connectivity index (χ4v) is 2.73. The van der Waals surface area contributed by atoms with Crippen LogP contribution in [0.5, 0.6) is 0 Å². The van der Waals surface area contributed by atoms with E-state index in [1.807, 2.05) is 66.7 Å². The molecular formula is C22H23N3O3. The molecule has 0 fully saturated rings. The quantitative estimate of drug-likeness (QED) is 0.485. The van der Waals surface area contributed by atoms with Crippen molar-refractivity contribution in [2.45, 2.75) is 25.9 Å². The molecule has 0 heterocycles. The van der Waals surface area contributed by atoms with Gasteiger partial charge in [-0.3, -0.25) is 4.79 Å². The molecule has 144 valence electrons. The average Bonchev–Trinajstić information content (AvgIpc) is 2.70. The van der Waals surface area contributed by atoms with Crippen molar-refractivity contribution >= 4 is 11.9 Å². The molecule has 0 aliphatic heterocycles. The van der Waals surface area contributed by atoms with Gasteiger partial charge in [-0.2, -0.15) is 5.26 Å². The van der Waals surface area contributed by atoms with Gasteiger partial charge in [0, 0.05) is 6.20 Å². The van der Waals surface area contributed by atoms with Crippen molar-refractivity contribution in [1.82, 2.24) is 10.6 Å². The van der Waals surface area contributed by atoms with Gasteiger partial charge in [0.2, 0.25) is 0 Å². The first-order valence-electron chi connectivity index (χ1n) is 8.94.